The van der Waals surface area contributed by atoms with Crippen LogP contribution in [-0.4, -0.2) is 28.8 Å². The van der Waals surface area contributed by atoms with Crippen molar-refractivity contribution in [2.75, 3.05) is 11.9 Å². The third-order valence-electron chi connectivity index (χ3n) is 2.60. The average molecular weight is 358 g/mol. The molecule has 0 aliphatic carbocycles. The van der Waals surface area contributed by atoms with Crippen molar-refractivity contribution < 1.29 is 9.53 Å². The van der Waals surface area contributed by atoms with E-state index in [1.54, 1.807) is 6.20 Å². The van der Waals surface area contributed by atoms with E-state index in [0.29, 0.717) is 6.54 Å². The summed E-state index contributed by atoms with van der Waals surface area (Å²) in [5, 5.41) is 6.07. The van der Waals surface area contributed by atoms with Crippen molar-refractivity contribution in [2.24, 2.45) is 0 Å². The number of anilines is 1. The van der Waals surface area contributed by atoms with Crippen LogP contribution in [0.2, 0.25) is 0 Å². The third-order valence-corrected chi connectivity index (χ3v) is 3.43. The van der Waals surface area contributed by atoms with Gasteiger partial charge in [-0.1, -0.05) is 0 Å². The molecule has 0 aliphatic heterocycles. The molecule has 0 saturated heterocycles. The minimum absolute atomic E-state index is 0.422. The molecule has 0 unspecified atom stereocenters. The van der Waals surface area contributed by atoms with E-state index >= 15 is 0 Å². The monoisotopic (exact) mass is 357 g/mol. The zero-order valence-corrected chi connectivity index (χ0v) is 15.1. The maximum atomic E-state index is 11.8. The third kappa shape index (κ3) is 6.80. The van der Waals surface area contributed by atoms with Crippen LogP contribution >= 0.6 is 15.9 Å². The van der Waals surface area contributed by atoms with Crippen molar-refractivity contribution in [1.29, 1.82) is 0 Å². The Morgan fingerprint density at radius 2 is 1.95 bits per heavy atom. The lowest BCUT2D eigenvalue weighted by atomic mass is 10.1. The first kappa shape index (κ1) is 17.8. The Morgan fingerprint density at radius 1 is 1.33 bits per heavy atom. The number of carbonyl (C=O) groups is 1. The summed E-state index contributed by atoms with van der Waals surface area (Å²) in [4.78, 5) is 16.1. The molecule has 0 bridgehead atoms. The molecule has 0 spiro atoms. The highest BCUT2D eigenvalue weighted by atomic mass is 79.9. The number of rotatable bonds is 4. The Hall–Kier alpha value is -1.30. The van der Waals surface area contributed by atoms with E-state index in [1.807, 2.05) is 47.6 Å². The maximum absolute atomic E-state index is 11.8. The van der Waals surface area contributed by atoms with Gasteiger partial charge < -0.3 is 15.4 Å². The van der Waals surface area contributed by atoms with Crippen molar-refractivity contribution in [1.82, 2.24) is 10.3 Å². The predicted molar refractivity (Wildman–Crippen MR) is 88.6 cm³/mol. The summed E-state index contributed by atoms with van der Waals surface area (Å²) in [5.41, 5.74) is 0.147. The highest BCUT2D eigenvalue weighted by Gasteiger charge is 2.24. The first-order chi connectivity index (χ1) is 9.48. The number of hydrogen-bond donors (Lipinski definition) is 2. The summed E-state index contributed by atoms with van der Waals surface area (Å²) in [5.74, 6) is 0.773. The minimum atomic E-state index is -0.502. The molecule has 0 atom stereocenters. The SMILES string of the molecule is Cc1cc(NCC(C)(C)NC(=O)OC(C)(C)C)ncc1Br. The molecule has 1 amide bonds. The van der Waals surface area contributed by atoms with Gasteiger partial charge >= 0.3 is 6.09 Å². The first-order valence-corrected chi connectivity index (χ1v) is 7.65. The summed E-state index contributed by atoms with van der Waals surface area (Å²) in [7, 11) is 0. The topological polar surface area (TPSA) is 63.2 Å². The lowest BCUT2D eigenvalue weighted by molar-refractivity contribution is 0.0478. The van der Waals surface area contributed by atoms with E-state index in [1.165, 1.54) is 0 Å². The number of alkyl carbamates (subject to hydrolysis) is 1. The molecule has 0 radical (unpaired) electrons. The van der Waals surface area contributed by atoms with E-state index in [0.717, 1.165) is 15.9 Å². The van der Waals surface area contributed by atoms with E-state index in [9.17, 15) is 4.79 Å². The summed E-state index contributed by atoms with van der Waals surface area (Å²) in [6.45, 7) is 11.9. The van der Waals surface area contributed by atoms with Gasteiger partial charge in [-0.15, -0.1) is 0 Å². The average Bonchev–Trinajstić information content (AvgIpc) is 2.27. The largest absolute Gasteiger partial charge is 0.444 e. The van der Waals surface area contributed by atoms with Gasteiger partial charge in [0.1, 0.15) is 11.4 Å². The Morgan fingerprint density at radius 3 is 2.48 bits per heavy atom. The molecule has 1 rings (SSSR count). The fraction of sp³-hybridized carbons (Fsp3) is 0.600. The molecule has 21 heavy (non-hydrogen) atoms. The molecule has 0 aliphatic rings. The molecule has 1 aromatic rings. The van der Waals surface area contributed by atoms with Gasteiger partial charge in [-0.2, -0.15) is 0 Å². The van der Waals surface area contributed by atoms with Gasteiger partial charge in [-0.05, 0) is 69.1 Å². The highest BCUT2D eigenvalue weighted by Crippen LogP contribution is 2.18. The summed E-state index contributed by atoms with van der Waals surface area (Å²) < 4.78 is 6.23. The molecular formula is C15H24BrN3O2. The van der Waals surface area contributed by atoms with Crippen molar-refractivity contribution in [2.45, 2.75) is 52.7 Å². The van der Waals surface area contributed by atoms with Crippen molar-refractivity contribution in [3.05, 3.63) is 22.3 Å². The molecule has 1 heterocycles. The maximum Gasteiger partial charge on any atom is 0.408 e. The van der Waals surface area contributed by atoms with Gasteiger partial charge in [0.05, 0.1) is 5.54 Å². The first-order valence-electron chi connectivity index (χ1n) is 6.86. The molecule has 0 saturated carbocycles. The van der Waals surface area contributed by atoms with Gasteiger partial charge in [-0.25, -0.2) is 9.78 Å². The number of nitrogens with one attached hydrogen (secondary N) is 2. The van der Waals surface area contributed by atoms with E-state index < -0.39 is 17.2 Å². The standard InChI is InChI=1S/C15H24BrN3O2/c1-10-7-12(17-8-11(10)16)18-9-15(5,6)19-13(20)21-14(2,3)4/h7-8H,9H2,1-6H3,(H,17,18)(H,19,20). The van der Waals surface area contributed by atoms with E-state index in [4.69, 9.17) is 4.74 Å². The summed E-state index contributed by atoms with van der Waals surface area (Å²) >= 11 is 3.42. The zero-order chi connectivity index (χ0) is 16.3. The fourth-order valence-electron chi connectivity index (χ4n) is 1.57. The van der Waals surface area contributed by atoms with Gasteiger partial charge in [0, 0.05) is 17.2 Å². The Labute approximate surface area is 135 Å². The van der Waals surface area contributed by atoms with Crippen LogP contribution < -0.4 is 10.6 Å². The van der Waals surface area contributed by atoms with Gasteiger partial charge in [0.25, 0.3) is 0 Å². The van der Waals surface area contributed by atoms with Crippen LogP contribution in [-0.2, 0) is 4.74 Å². The fourth-order valence-corrected chi connectivity index (χ4v) is 1.79. The number of ether oxygens (including phenoxy) is 1. The lowest BCUT2D eigenvalue weighted by Gasteiger charge is -2.29. The number of nitrogens with zero attached hydrogens (tertiary/aromatic N) is 1. The number of carbonyl (C=O) groups excluding carboxylic acids is 1. The molecule has 0 fully saturated rings. The number of halogens is 1. The quantitative estimate of drug-likeness (QED) is 0.858. The number of pyridine rings is 1. The minimum Gasteiger partial charge on any atom is -0.444 e. The second kappa shape index (κ2) is 6.64. The molecular weight excluding hydrogens is 334 g/mol. The highest BCUT2D eigenvalue weighted by molar-refractivity contribution is 9.10. The molecule has 2 N–H and O–H groups in total. The van der Waals surface area contributed by atoms with Crippen molar-refractivity contribution in [3.63, 3.8) is 0 Å². The second-order valence-electron chi connectivity index (χ2n) is 6.68. The number of aromatic nitrogens is 1. The van der Waals surface area contributed by atoms with Crippen LogP contribution in [0.1, 0.15) is 40.2 Å². The van der Waals surface area contributed by atoms with Crippen LogP contribution in [0.15, 0.2) is 16.7 Å². The van der Waals surface area contributed by atoms with Crippen LogP contribution in [0.4, 0.5) is 10.6 Å². The van der Waals surface area contributed by atoms with E-state index in [-0.39, 0.29) is 0 Å². The van der Waals surface area contributed by atoms with Crippen molar-refractivity contribution in [3.8, 4) is 0 Å². The number of hydrogen-bond acceptors (Lipinski definition) is 4. The predicted octanol–water partition coefficient (Wildman–Crippen LogP) is 3.87. The summed E-state index contributed by atoms with van der Waals surface area (Å²) in [6, 6.07) is 1.95. The van der Waals surface area contributed by atoms with Crippen LogP contribution in [0.3, 0.4) is 0 Å². The lowest BCUT2D eigenvalue weighted by Crippen LogP contribution is -2.50. The Kier molecular flexibility index (Phi) is 5.61. The van der Waals surface area contributed by atoms with Crippen molar-refractivity contribution >= 4 is 27.8 Å². The van der Waals surface area contributed by atoms with Gasteiger partial charge in [-0.3, -0.25) is 0 Å². The van der Waals surface area contributed by atoms with E-state index in [2.05, 4.69) is 31.5 Å². The second-order valence-corrected chi connectivity index (χ2v) is 7.54. The molecule has 118 valence electrons. The van der Waals surface area contributed by atoms with Gasteiger partial charge in [0.2, 0.25) is 0 Å². The Bertz CT molecular complexity index is 510. The molecule has 1 aromatic heterocycles. The Balaban J connectivity index is 2.56. The smallest absolute Gasteiger partial charge is 0.408 e. The number of amides is 1. The van der Waals surface area contributed by atoms with Crippen LogP contribution in [0.25, 0.3) is 0 Å². The van der Waals surface area contributed by atoms with Crippen LogP contribution in [0, 0.1) is 6.92 Å². The molecule has 5 nitrogen and oxygen atoms in total. The number of aryl methyl sites for hydroxylation is 1. The van der Waals surface area contributed by atoms with Gasteiger partial charge in [0.15, 0.2) is 0 Å². The zero-order valence-electron chi connectivity index (χ0n) is 13.5. The summed E-state index contributed by atoms with van der Waals surface area (Å²) in [6.07, 6.45) is 1.33. The van der Waals surface area contributed by atoms with Crippen LogP contribution in [0.5, 0.6) is 0 Å². The molecule has 6 heteroatoms. The normalized spacial score (nSPS) is 12.0. The molecule has 0 aromatic carbocycles.